The Hall–Kier alpha value is -1.82. The van der Waals surface area contributed by atoms with E-state index >= 15 is 0 Å². The highest BCUT2D eigenvalue weighted by Crippen LogP contribution is 2.29. The average Bonchev–Trinajstić information content (AvgIpc) is 3.38. The number of hydrogen-bond acceptors (Lipinski definition) is 4. The van der Waals surface area contributed by atoms with Gasteiger partial charge in [0.15, 0.2) is 5.96 Å². The Bertz CT molecular complexity index is 458. The number of rotatable bonds is 9. The monoisotopic (exact) mass is 306 g/mol. The first-order valence-corrected chi connectivity index (χ1v) is 7.91. The first kappa shape index (κ1) is 16.5. The summed E-state index contributed by atoms with van der Waals surface area (Å²) in [6.45, 7) is 5.59. The summed E-state index contributed by atoms with van der Waals surface area (Å²) in [5, 5.41) is 6.44. The maximum Gasteiger partial charge on any atom is 0.213 e. The van der Waals surface area contributed by atoms with E-state index in [1.54, 1.807) is 7.05 Å². The molecule has 1 aliphatic rings. The van der Waals surface area contributed by atoms with Crippen LogP contribution in [0.3, 0.4) is 0 Å². The molecule has 0 spiro atoms. The normalized spacial score (nSPS) is 14.7. The third-order valence-electron chi connectivity index (χ3n) is 3.39. The molecule has 1 aromatic rings. The fourth-order valence-electron chi connectivity index (χ4n) is 1.88. The standard InChI is InChI=1S/C16H26N4O2/c1-3-21-9-8-18-16(17-2)20-11-14-6-7-15(19-10-14)22-12-13-4-5-13/h6-7,10,13H,3-5,8-9,11-12H2,1-2H3,(H2,17,18,20). The summed E-state index contributed by atoms with van der Waals surface area (Å²) in [7, 11) is 1.75. The number of nitrogens with zero attached hydrogens (tertiary/aromatic N) is 2. The van der Waals surface area contributed by atoms with Crippen molar-refractivity contribution in [3.05, 3.63) is 23.9 Å². The maximum atomic E-state index is 5.63. The molecule has 1 fully saturated rings. The van der Waals surface area contributed by atoms with Gasteiger partial charge in [0.1, 0.15) is 0 Å². The second-order valence-electron chi connectivity index (χ2n) is 5.31. The quantitative estimate of drug-likeness (QED) is 0.412. The molecule has 0 aromatic carbocycles. The summed E-state index contributed by atoms with van der Waals surface area (Å²) in [6, 6.07) is 3.94. The number of aromatic nitrogens is 1. The lowest BCUT2D eigenvalue weighted by Crippen LogP contribution is -2.38. The Balaban J connectivity index is 1.67. The zero-order valence-electron chi connectivity index (χ0n) is 13.5. The van der Waals surface area contributed by atoms with E-state index in [-0.39, 0.29) is 0 Å². The molecule has 0 amide bonds. The summed E-state index contributed by atoms with van der Waals surface area (Å²) in [4.78, 5) is 8.49. The van der Waals surface area contributed by atoms with Crippen molar-refractivity contribution in [1.82, 2.24) is 15.6 Å². The smallest absolute Gasteiger partial charge is 0.213 e. The van der Waals surface area contributed by atoms with Gasteiger partial charge in [0.05, 0.1) is 13.2 Å². The molecule has 22 heavy (non-hydrogen) atoms. The van der Waals surface area contributed by atoms with Crippen LogP contribution in [-0.2, 0) is 11.3 Å². The van der Waals surface area contributed by atoms with Crippen LogP contribution in [0.1, 0.15) is 25.3 Å². The summed E-state index contributed by atoms with van der Waals surface area (Å²) in [6.07, 6.45) is 4.41. The fourth-order valence-corrected chi connectivity index (χ4v) is 1.88. The lowest BCUT2D eigenvalue weighted by molar-refractivity contribution is 0.152. The molecule has 1 saturated carbocycles. The minimum atomic E-state index is 0.671. The van der Waals surface area contributed by atoms with Crippen molar-refractivity contribution in [1.29, 1.82) is 0 Å². The summed E-state index contributed by atoms with van der Waals surface area (Å²) >= 11 is 0. The molecule has 122 valence electrons. The van der Waals surface area contributed by atoms with E-state index in [0.717, 1.165) is 37.2 Å². The molecular formula is C16H26N4O2. The molecule has 2 N–H and O–H groups in total. The van der Waals surface area contributed by atoms with Gasteiger partial charge < -0.3 is 20.1 Å². The highest BCUT2D eigenvalue weighted by atomic mass is 16.5. The van der Waals surface area contributed by atoms with Crippen molar-refractivity contribution in [3.8, 4) is 5.88 Å². The molecule has 0 atom stereocenters. The van der Waals surface area contributed by atoms with Crippen molar-refractivity contribution in [2.24, 2.45) is 10.9 Å². The predicted molar refractivity (Wildman–Crippen MR) is 87.2 cm³/mol. The molecule has 0 unspecified atom stereocenters. The minimum absolute atomic E-state index is 0.671. The SMILES string of the molecule is CCOCCNC(=NC)NCc1ccc(OCC2CC2)nc1. The fraction of sp³-hybridized carbons (Fsp3) is 0.625. The molecule has 0 saturated heterocycles. The van der Waals surface area contributed by atoms with Gasteiger partial charge >= 0.3 is 0 Å². The van der Waals surface area contributed by atoms with Crippen LogP contribution in [-0.4, -0.2) is 44.4 Å². The van der Waals surface area contributed by atoms with Crippen LogP contribution in [0.5, 0.6) is 5.88 Å². The second-order valence-corrected chi connectivity index (χ2v) is 5.31. The molecule has 1 aromatic heterocycles. The topological polar surface area (TPSA) is 67.8 Å². The Morgan fingerprint density at radius 1 is 1.36 bits per heavy atom. The molecule has 0 radical (unpaired) electrons. The zero-order valence-corrected chi connectivity index (χ0v) is 13.5. The molecule has 0 aliphatic heterocycles. The van der Waals surface area contributed by atoms with Gasteiger partial charge in [0.2, 0.25) is 5.88 Å². The highest BCUT2D eigenvalue weighted by molar-refractivity contribution is 5.79. The Morgan fingerprint density at radius 3 is 2.86 bits per heavy atom. The summed E-state index contributed by atoms with van der Waals surface area (Å²) in [5.74, 6) is 2.21. The highest BCUT2D eigenvalue weighted by Gasteiger charge is 2.21. The molecule has 1 heterocycles. The predicted octanol–water partition coefficient (Wildman–Crippen LogP) is 1.57. The Labute approximate surface area is 132 Å². The average molecular weight is 306 g/mol. The van der Waals surface area contributed by atoms with Gasteiger partial charge in [-0.15, -0.1) is 0 Å². The van der Waals surface area contributed by atoms with Crippen molar-refractivity contribution in [2.75, 3.05) is 33.4 Å². The number of pyridine rings is 1. The van der Waals surface area contributed by atoms with Gasteiger partial charge in [-0.3, -0.25) is 4.99 Å². The van der Waals surface area contributed by atoms with Crippen molar-refractivity contribution in [3.63, 3.8) is 0 Å². The largest absolute Gasteiger partial charge is 0.477 e. The number of aliphatic imine (C=N–C) groups is 1. The zero-order chi connectivity index (χ0) is 15.6. The third kappa shape index (κ3) is 6.30. The molecule has 0 bridgehead atoms. The van der Waals surface area contributed by atoms with Gasteiger partial charge in [-0.05, 0) is 31.2 Å². The van der Waals surface area contributed by atoms with E-state index in [9.17, 15) is 0 Å². The molecular weight excluding hydrogens is 280 g/mol. The van der Waals surface area contributed by atoms with E-state index in [0.29, 0.717) is 19.0 Å². The molecule has 1 aliphatic carbocycles. The van der Waals surface area contributed by atoms with Gasteiger partial charge in [-0.25, -0.2) is 4.98 Å². The van der Waals surface area contributed by atoms with Crippen LogP contribution in [0.2, 0.25) is 0 Å². The Kier molecular flexibility index (Phi) is 6.96. The number of guanidine groups is 1. The van der Waals surface area contributed by atoms with Crippen LogP contribution in [0, 0.1) is 5.92 Å². The summed E-state index contributed by atoms with van der Waals surface area (Å²) < 4.78 is 10.9. The van der Waals surface area contributed by atoms with Crippen molar-refractivity contribution < 1.29 is 9.47 Å². The third-order valence-corrected chi connectivity index (χ3v) is 3.39. The van der Waals surface area contributed by atoms with Crippen molar-refractivity contribution in [2.45, 2.75) is 26.3 Å². The van der Waals surface area contributed by atoms with Crippen LogP contribution in [0.15, 0.2) is 23.3 Å². The minimum Gasteiger partial charge on any atom is -0.477 e. The molecule has 6 nitrogen and oxygen atoms in total. The Morgan fingerprint density at radius 2 is 2.23 bits per heavy atom. The van der Waals surface area contributed by atoms with E-state index in [1.807, 2.05) is 25.3 Å². The second kappa shape index (κ2) is 9.25. The van der Waals surface area contributed by atoms with E-state index < -0.39 is 0 Å². The number of hydrogen-bond donors (Lipinski definition) is 2. The van der Waals surface area contributed by atoms with Gasteiger partial charge in [-0.2, -0.15) is 0 Å². The van der Waals surface area contributed by atoms with E-state index in [4.69, 9.17) is 9.47 Å². The summed E-state index contributed by atoms with van der Waals surface area (Å²) in [5.41, 5.74) is 1.09. The van der Waals surface area contributed by atoms with Gasteiger partial charge in [-0.1, -0.05) is 6.07 Å². The first-order chi connectivity index (χ1) is 10.8. The van der Waals surface area contributed by atoms with Crippen LogP contribution in [0.25, 0.3) is 0 Å². The van der Waals surface area contributed by atoms with E-state index in [2.05, 4.69) is 20.6 Å². The van der Waals surface area contributed by atoms with E-state index in [1.165, 1.54) is 12.8 Å². The van der Waals surface area contributed by atoms with Crippen LogP contribution in [0.4, 0.5) is 0 Å². The van der Waals surface area contributed by atoms with Gasteiger partial charge in [0.25, 0.3) is 0 Å². The lowest BCUT2D eigenvalue weighted by atomic mass is 10.3. The van der Waals surface area contributed by atoms with Crippen LogP contribution < -0.4 is 15.4 Å². The first-order valence-electron chi connectivity index (χ1n) is 7.91. The molecule has 6 heteroatoms. The van der Waals surface area contributed by atoms with Crippen LogP contribution >= 0.6 is 0 Å². The number of nitrogens with one attached hydrogen (secondary N) is 2. The maximum absolute atomic E-state index is 5.63. The van der Waals surface area contributed by atoms with Gasteiger partial charge in [0, 0.05) is 39.0 Å². The number of ether oxygens (including phenoxy) is 2. The van der Waals surface area contributed by atoms with Crippen molar-refractivity contribution >= 4 is 5.96 Å². The lowest BCUT2D eigenvalue weighted by Gasteiger charge is -2.12. The molecule has 2 rings (SSSR count).